The topological polar surface area (TPSA) is 59.0 Å². The molecule has 0 aliphatic carbocycles. The van der Waals surface area contributed by atoms with Crippen molar-refractivity contribution >= 4 is 0 Å². The van der Waals surface area contributed by atoms with Crippen LogP contribution in [0.2, 0.25) is 0 Å². The van der Waals surface area contributed by atoms with E-state index >= 15 is 0 Å². The molecule has 0 spiro atoms. The molecule has 25 heavy (non-hydrogen) atoms. The Morgan fingerprint density at radius 3 is 2.32 bits per heavy atom. The Kier molecular flexibility index (Phi) is 4.94. The first kappa shape index (κ1) is 17.7. The van der Waals surface area contributed by atoms with Gasteiger partial charge in [-0.25, -0.2) is 4.98 Å². The lowest BCUT2D eigenvalue weighted by atomic mass is 10.0. The van der Waals surface area contributed by atoms with Gasteiger partial charge in [-0.2, -0.15) is 5.26 Å². The molecule has 0 amide bonds. The van der Waals surface area contributed by atoms with Gasteiger partial charge in [0.15, 0.2) is 0 Å². The van der Waals surface area contributed by atoms with Crippen LogP contribution >= 0.6 is 0 Å². The molecule has 1 atom stereocenters. The molecular formula is C20H27N5. The average Bonchev–Trinajstić information content (AvgIpc) is 2.98. The Bertz CT molecular complexity index is 743. The van der Waals surface area contributed by atoms with Crippen molar-refractivity contribution in [3.8, 4) is 17.5 Å². The number of nitrogens with zero attached hydrogens (tertiary/aromatic N) is 4. The predicted molar refractivity (Wildman–Crippen MR) is 100 cm³/mol. The number of aromatic nitrogens is 2. The molecule has 1 N–H and O–H groups in total. The van der Waals surface area contributed by atoms with Gasteiger partial charge in [-0.15, -0.1) is 0 Å². The number of benzene rings is 1. The minimum atomic E-state index is -0.296. The van der Waals surface area contributed by atoms with Gasteiger partial charge in [-0.05, 0) is 27.7 Å². The van der Waals surface area contributed by atoms with E-state index < -0.39 is 0 Å². The van der Waals surface area contributed by atoms with Crippen molar-refractivity contribution in [1.29, 1.82) is 5.26 Å². The Hall–Kier alpha value is -2.16. The number of aryl methyl sites for hydroxylation is 1. The van der Waals surface area contributed by atoms with Gasteiger partial charge < -0.3 is 4.98 Å². The number of imidazole rings is 1. The third-order valence-electron chi connectivity index (χ3n) is 4.98. The molecular weight excluding hydrogens is 310 g/mol. The van der Waals surface area contributed by atoms with E-state index in [2.05, 4.69) is 41.6 Å². The largest absolute Gasteiger partial charge is 0.342 e. The van der Waals surface area contributed by atoms with Crippen LogP contribution in [0.1, 0.15) is 38.2 Å². The minimum Gasteiger partial charge on any atom is -0.342 e. The molecule has 1 aromatic heterocycles. The molecule has 1 aliphatic heterocycles. The highest BCUT2D eigenvalue weighted by atomic mass is 15.3. The smallest absolute Gasteiger partial charge is 0.142 e. The maximum atomic E-state index is 9.80. The summed E-state index contributed by atoms with van der Waals surface area (Å²) in [6, 6.07) is 12.2. The van der Waals surface area contributed by atoms with Crippen LogP contribution in [0.4, 0.5) is 0 Å². The highest BCUT2D eigenvalue weighted by Gasteiger charge is 2.31. The van der Waals surface area contributed by atoms with Crippen LogP contribution in [0.15, 0.2) is 30.3 Å². The van der Waals surface area contributed by atoms with Gasteiger partial charge in [-0.3, -0.25) is 9.80 Å². The van der Waals surface area contributed by atoms with Crippen molar-refractivity contribution in [2.75, 3.05) is 26.2 Å². The first-order valence-electron chi connectivity index (χ1n) is 8.91. The molecule has 2 aromatic rings. The minimum absolute atomic E-state index is 0.178. The first-order chi connectivity index (χ1) is 11.9. The van der Waals surface area contributed by atoms with Crippen molar-refractivity contribution in [3.63, 3.8) is 0 Å². The fourth-order valence-electron chi connectivity index (χ4n) is 3.44. The van der Waals surface area contributed by atoms with Crippen molar-refractivity contribution < 1.29 is 0 Å². The SMILES string of the molecule is Cc1[nH]c(-c2ccccc2)nc1C(C#N)N1CCN(C(C)(C)C)CC1. The lowest BCUT2D eigenvalue weighted by Gasteiger charge is -2.43. The van der Waals surface area contributed by atoms with Crippen molar-refractivity contribution in [1.82, 2.24) is 19.8 Å². The maximum Gasteiger partial charge on any atom is 0.142 e. The van der Waals surface area contributed by atoms with Crippen LogP contribution in [-0.2, 0) is 0 Å². The zero-order chi connectivity index (χ0) is 18.0. The number of hydrogen-bond acceptors (Lipinski definition) is 4. The summed E-state index contributed by atoms with van der Waals surface area (Å²) in [6.45, 7) is 12.5. The fourth-order valence-corrected chi connectivity index (χ4v) is 3.44. The lowest BCUT2D eigenvalue weighted by Crippen LogP contribution is -2.53. The lowest BCUT2D eigenvalue weighted by molar-refractivity contribution is 0.0513. The molecule has 2 heterocycles. The highest BCUT2D eigenvalue weighted by Crippen LogP contribution is 2.27. The molecule has 1 fully saturated rings. The van der Waals surface area contributed by atoms with E-state index in [9.17, 15) is 5.26 Å². The summed E-state index contributed by atoms with van der Waals surface area (Å²) in [7, 11) is 0. The van der Waals surface area contributed by atoms with E-state index in [1.165, 1.54) is 0 Å². The van der Waals surface area contributed by atoms with Gasteiger partial charge in [0.2, 0.25) is 0 Å². The number of piperazine rings is 1. The van der Waals surface area contributed by atoms with Gasteiger partial charge in [-0.1, -0.05) is 30.3 Å². The van der Waals surface area contributed by atoms with E-state index in [4.69, 9.17) is 4.98 Å². The van der Waals surface area contributed by atoms with Gasteiger partial charge in [0.25, 0.3) is 0 Å². The second-order valence-electron chi connectivity index (χ2n) is 7.69. The summed E-state index contributed by atoms with van der Waals surface area (Å²) in [5.41, 5.74) is 3.05. The zero-order valence-electron chi connectivity index (χ0n) is 15.6. The van der Waals surface area contributed by atoms with Gasteiger partial charge >= 0.3 is 0 Å². The molecule has 0 bridgehead atoms. The summed E-state index contributed by atoms with van der Waals surface area (Å²) in [5.74, 6) is 0.835. The highest BCUT2D eigenvalue weighted by molar-refractivity contribution is 5.56. The Morgan fingerprint density at radius 1 is 1.12 bits per heavy atom. The van der Waals surface area contributed by atoms with Crippen LogP contribution in [0.25, 0.3) is 11.4 Å². The summed E-state index contributed by atoms with van der Waals surface area (Å²) >= 11 is 0. The quantitative estimate of drug-likeness (QED) is 0.933. The fraction of sp³-hybridized carbons (Fsp3) is 0.500. The Balaban J connectivity index is 1.79. The van der Waals surface area contributed by atoms with Gasteiger partial charge in [0.05, 0.1) is 11.8 Å². The number of aromatic amines is 1. The monoisotopic (exact) mass is 337 g/mol. The van der Waals surface area contributed by atoms with Crippen molar-refractivity contribution in [3.05, 3.63) is 41.7 Å². The number of nitriles is 1. The van der Waals surface area contributed by atoms with Crippen molar-refractivity contribution in [2.45, 2.75) is 39.3 Å². The van der Waals surface area contributed by atoms with Crippen LogP contribution in [0, 0.1) is 18.3 Å². The van der Waals surface area contributed by atoms with Crippen LogP contribution in [0.3, 0.4) is 0 Å². The second-order valence-corrected chi connectivity index (χ2v) is 7.69. The van der Waals surface area contributed by atoms with Crippen LogP contribution in [0.5, 0.6) is 0 Å². The molecule has 5 nitrogen and oxygen atoms in total. The molecule has 5 heteroatoms. The number of H-pyrrole nitrogens is 1. The van der Waals surface area contributed by atoms with E-state index in [0.29, 0.717) is 0 Å². The van der Waals surface area contributed by atoms with E-state index in [-0.39, 0.29) is 11.6 Å². The van der Waals surface area contributed by atoms with Gasteiger partial charge in [0, 0.05) is 43.0 Å². The maximum absolute atomic E-state index is 9.80. The molecule has 1 aliphatic rings. The normalized spacial score (nSPS) is 18.0. The molecule has 1 saturated heterocycles. The Labute approximate surface area is 150 Å². The van der Waals surface area contributed by atoms with Gasteiger partial charge in [0.1, 0.15) is 11.9 Å². The summed E-state index contributed by atoms with van der Waals surface area (Å²) in [6.07, 6.45) is 0. The third-order valence-corrected chi connectivity index (χ3v) is 4.98. The van der Waals surface area contributed by atoms with Crippen molar-refractivity contribution in [2.24, 2.45) is 0 Å². The summed E-state index contributed by atoms with van der Waals surface area (Å²) in [5, 5.41) is 9.80. The number of hydrogen-bond donors (Lipinski definition) is 1. The van der Waals surface area contributed by atoms with Crippen LogP contribution < -0.4 is 0 Å². The zero-order valence-corrected chi connectivity index (χ0v) is 15.6. The molecule has 1 aromatic carbocycles. The number of nitrogens with one attached hydrogen (secondary N) is 1. The molecule has 0 radical (unpaired) electrons. The third kappa shape index (κ3) is 3.76. The first-order valence-corrected chi connectivity index (χ1v) is 8.91. The van der Waals surface area contributed by atoms with E-state index in [0.717, 1.165) is 49.0 Å². The predicted octanol–water partition coefficient (Wildman–Crippen LogP) is 3.37. The Morgan fingerprint density at radius 2 is 1.76 bits per heavy atom. The van der Waals surface area contributed by atoms with E-state index in [1.54, 1.807) is 0 Å². The summed E-state index contributed by atoms with van der Waals surface area (Å²) < 4.78 is 0. The van der Waals surface area contributed by atoms with E-state index in [1.807, 2.05) is 37.3 Å². The standard InChI is InChI=1S/C20H27N5/c1-15-18(23-19(22-15)16-8-6-5-7-9-16)17(14-21)24-10-12-25(13-11-24)20(2,3)4/h5-9,17H,10-13H2,1-4H3,(H,22,23). The average molecular weight is 337 g/mol. The summed E-state index contributed by atoms with van der Waals surface area (Å²) in [4.78, 5) is 12.8. The molecule has 1 unspecified atom stereocenters. The molecule has 132 valence electrons. The number of rotatable bonds is 3. The second kappa shape index (κ2) is 6.99. The van der Waals surface area contributed by atoms with Crippen LogP contribution in [-0.4, -0.2) is 51.5 Å². The molecule has 0 saturated carbocycles. The molecule has 3 rings (SSSR count).